The molecule has 0 amide bonds. The Hall–Kier alpha value is -1.16. The molecule has 0 bridgehead atoms. The van der Waals surface area contributed by atoms with E-state index in [4.69, 9.17) is 16.3 Å². The predicted octanol–water partition coefficient (Wildman–Crippen LogP) is 3.89. The van der Waals surface area contributed by atoms with Gasteiger partial charge < -0.3 is 4.74 Å². The highest BCUT2D eigenvalue weighted by Gasteiger charge is 2.20. The molecular formula is C17H21ClN2O. The van der Waals surface area contributed by atoms with Crippen LogP contribution in [0.1, 0.15) is 25.3 Å². The molecular weight excluding hydrogens is 284 g/mol. The van der Waals surface area contributed by atoms with Gasteiger partial charge in [0.2, 0.25) is 0 Å². The fourth-order valence-corrected chi connectivity index (χ4v) is 3.16. The maximum absolute atomic E-state index is 6.34. The van der Waals surface area contributed by atoms with E-state index in [0.29, 0.717) is 11.3 Å². The summed E-state index contributed by atoms with van der Waals surface area (Å²) in [6, 6.07) is 10.3. The van der Waals surface area contributed by atoms with Crippen LogP contribution in [0, 0.1) is 0 Å². The monoisotopic (exact) mass is 304 g/mol. The van der Waals surface area contributed by atoms with E-state index in [1.165, 1.54) is 0 Å². The molecule has 0 aliphatic carbocycles. The fraction of sp³-hybridized carbons (Fsp3) is 0.471. The number of pyridine rings is 1. The number of rotatable bonds is 4. The molecule has 1 aliphatic heterocycles. The van der Waals surface area contributed by atoms with Gasteiger partial charge in [0, 0.05) is 37.2 Å². The molecule has 0 spiro atoms. The molecule has 1 aromatic heterocycles. The third-order valence-electron chi connectivity index (χ3n) is 4.08. The Morgan fingerprint density at radius 1 is 1.29 bits per heavy atom. The number of fused-ring (bicyclic) bond motifs is 1. The standard InChI is InChI=1S/C17H21ClN2O/c1-2-21-15-7-9-20(10-8-15)12-14-11-13-5-3-4-6-16(13)19-17(14)18/h3-6,11,15H,2,7-10,12H2,1H3. The van der Waals surface area contributed by atoms with Crippen molar-refractivity contribution < 1.29 is 4.74 Å². The third kappa shape index (κ3) is 3.54. The summed E-state index contributed by atoms with van der Waals surface area (Å²) in [5.74, 6) is 0. The molecule has 21 heavy (non-hydrogen) atoms. The number of para-hydroxylation sites is 1. The van der Waals surface area contributed by atoms with Crippen molar-refractivity contribution in [3.05, 3.63) is 41.0 Å². The van der Waals surface area contributed by atoms with Gasteiger partial charge in [0.25, 0.3) is 0 Å². The van der Waals surface area contributed by atoms with Crippen LogP contribution < -0.4 is 0 Å². The van der Waals surface area contributed by atoms with E-state index in [2.05, 4.69) is 28.9 Å². The minimum Gasteiger partial charge on any atom is -0.378 e. The largest absolute Gasteiger partial charge is 0.378 e. The summed E-state index contributed by atoms with van der Waals surface area (Å²) < 4.78 is 5.70. The lowest BCUT2D eigenvalue weighted by Gasteiger charge is -2.31. The third-order valence-corrected chi connectivity index (χ3v) is 4.41. The first kappa shape index (κ1) is 14.8. The quantitative estimate of drug-likeness (QED) is 0.801. The van der Waals surface area contributed by atoms with Gasteiger partial charge in [-0.25, -0.2) is 4.98 Å². The Morgan fingerprint density at radius 2 is 2.05 bits per heavy atom. The molecule has 0 saturated carbocycles. The molecule has 3 nitrogen and oxygen atoms in total. The zero-order valence-electron chi connectivity index (χ0n) is 12.4. The Bertz CT molecular complexity index is 609. The van der Waals surface area contributed by atoms with Crippen LogP contribution in [0.4, 0.5) is 0 Å². The number of halogens is 1. The molecule has 2 heterocycles. The van der Waals surface area contributed by atoms with Crippen LogP contribution in [0.5, 0.6) is 0 Å². The Morgan fingerprint density at radius 3 is 2.81 bits per heavy atom. The van der Waals surface area contributed by atoms with Crippen LogP contribution in [0.2, 0.25) is 5.15 Å². The molecule has 3 rings (SSSR count). The number of nitrogens with zero attached hydrogens (tertiary/aromatic N) is 2. The zero-order chi connectivity index (χ0) is 14.7. The van der Waals surface area contributed by atoms with Gasteiger partial charge in [0.1, 0.15) is 5.15 Å². The Labute approximate surface area is 130 Å². The molecule has 0 unspecified atom stereocenters. The minimum atomic E-state index is 0.427. The summed E-state index contributed by atoms with van der Waals surface area (Å²) in [5.41, 5.74) is 2.08. The van der Waals surface area contributed by atoms with Gasteiger partial charge in [-0.15, -0.1) is 0 Å². The molecule has 112 valence electrons. The number of likely N-dealkylation sites (tertiary alicyclic amines) is 1. The number of hydrogen-bond donors (Lipinski definition) is 0. The van der Waals surface area contributed by atoms with Crippen molar-refractivity contribution in [2.45, 2.75) is 32.4 Å². The minimum absolute atomic E-state index is 0.427. The maximum Gasteiger partial charge on any atom is 0.134 e. The second-order valence-corrected chi connectivity index (χ2v) is 5.92. The molecule has 0 radical (unpaired) electrons. The van der Waals surface area contributed by atoms with Gasteiger partial charge in [-0.1, -0.05) is 29.8 Å². The summed E-state index contributed by atoms with van der Waals surface area (Å²) in [6.07, 6.45) is 2.63. The van der Waals surface area contributed by atoms with Crippen molar-refractivity contribution in [1.29, 1.82) is 0 Å². The van der Waals surface area contributed by atoms with E-state index < -0.39 is 0 Å². The number of benzene rings is 1. The van der Waals surface area contributed by atoms with Crippen LogP contribution in [-0.4, -0.2) is 35.7 Å². The molecule has 2 aromatic rings. The highest BCUT2D eigenvalue weighted by atomic mass is 35.5. The van der Waals surface area contributed by atoms with Gasteiger partial charge >= 0.3 is 0 Å². The van der Waals surface area contributed by atoms with Crippen LogP contribution >= 0.6 is 11.6 Å². The van der Waals surface area contributed by atoms with Gasteiger partial charge in [-0.05, 0) is 31.9 Å². The number of hydrogen-bond acceptors (Lipinski definition) is 3. The number of aromatic nitrogens is 1. The number of piperidine rings is 1. The van der Waals surface area contributed by atoms with Crippen molar-refractivity contribution in [2.75, 3.05) is 19.7 Å². The maximum atomic E-state index is 6.34. The first-order chi connectivity index (χ1) is 10.3. The van der Waals surface area contributed by atoms with Crippen molar-refractivity contribution in [3.63, 3.8) is 0 Å². The topological polar surface area (TPSA) is 25.4 Å². The molecule has 1 saturated heterocycles. The summed E-state index contributed by atoms with van der Waals surface area (Å²) in [5, 5.41) is 1.78. The zero-order valence-corrected chi connectivity index (χ0v) is 13.1. The van der Waals surface area contributed by atoms with Crippen molar-refractivity contribution in [2.24, 2.45) is 0 Å². The first-order valence-electron chi connectivity index (χ1n) is 7.64. The highest BCUT2D eigenvalue weighted by Crippen LogP contribution is 2.23. The van der Waals surface area contributed by atoms with Gasteiger partial charge in [-0.3, -0.25) is 4.90 Å². The summed E-state index contributed by atoms with van der Waals surface area (Å²) in [7, 11) is 0. The molecule has 4 heteroatoms. The lowest BCUT2D eigenvalue weighted by atomic mass is 10.1. The SMILES string of the molecule is CCOC1CCN(Cc2cc3ccccc3nc2Cl)CC1. The lowest BCUT2D eigenvalue weighted by molar-refractivity contribution is 0.0125. The van der Waals surface area contributed by atoms with Crippen molar-refractivity contribution >= 4 is 22.5 Å². The summed E-state index contributed by atoms with van der Waals surface area (Å²) in [4.78, 5) is 6.94. The second-order valence-electron chi connectivity index (χ2n) is 5.56. The Kier molecular flexibility index (Phi) is 4.73. The van der Waals surface area contributed by atoms with Crippen LogP contribution in [0.15, 0.2) is 30.3 Å². The first-order valence-corrected chi connectivity index (χ1v) is 8.02. The van der Waals surface area contributed by atoms with E-state index in [1.807, 2.05) is 18.2 Å². The van der Waals surface area contributed by atoms with E-state index in [0.717, 1.165) is 55.5 Å². The van der Waals surface area contributed by atoms with Crippen molar-refractivity contribution in [1.82, 2.24) is 9.88 Å². The summed E-state index contributed by atoms with van der Waals surface area (Å²) >= 11 is 6.34. The van der Waals surface area contributed by atoms with Gasteiger partial charge in [-0.2, -0.15) is 0 Å². The van der Waals surface area contributed by atoms with Crippen LogP contribution in [-0.2, 0) is 11.3 Å². The lowest BCUT2D eigenvalue weighted by Crippen LogP contribution is -2.36. The molecule has 1 aliphatic rings. The summed E-state index contributed by atoms with van der Waals surface area (Å²) in [6.45, 7) is 5.87. The van der Waals surface area contributed by atoms with Gasteiger partial charge in [0.15, 0.2) is 0 Å². The molecule has 1 aromatic carbocycles. The average Bonchev–Trinajstić information content (AvgIpc) is 2.50. The molecule has 1 fully saturated rings. The fourth-order valence-electron chi connectivity index (χ4n) is 2.96. The van der Waals surface area contributed by atoms with Crippen LogP contribution in [0.3, 0.4) is 0 Å². The van der Waals surface area contributed by atoms with Gasteiger partial charge in [0.05, 0.1) is 11.6 Å². The van der Waals surface area contributed by atoms with E-state index in [-0.39, 0.29) is 0 Å². The average molecular weight is 305 g/mol. The second kappa shape index (κ2) is 6.73. The molecule has 0 atom stereocenters. The number of ether oxygens (including phenoxy) is 1. The van der Waals surface area contributed by atoms with E-state index in [1.54, 1.807) is 0 Å². The smallest absolute Gasteiger partial charge is 0.134 e. The predicted molar refractivity (Wildman–Crippen MR) is 86.7 cm³/mol. The molecule has 0 N–H and O–H groups in total. The van der Waals surface area contributed by atoms with E-state index >= 15 is 0 Å². The van der Waals surface area contributed by atoms with Crippen molar-refractivity contribution in [3.8, 4) is 0 Å². The Balaban J connectivity index is 1.69. The van der Waals surface area contributed by atoms with Crippen LogP contribution in [0.25, 0.3) is 10.9 Å². The highest BCUT2D eigenvalue weighted by molar-refractivity contribution is 6.30. The van der Waals surface area contributed by atoms with E-state index in [9.17, 15) is 0 Å². The normalized spacial score (nSPS) is 17.4.